The fourth-order valence-corrected chi connectivity index (χ4v) is 5.15. The number of hydrogen-bond donors (Lipinski definition) is 1. The van der Waals surface area contributed by atoms with Crippen molar-refractivity contribution in [3.8, 4) is 5.75 Å². The molecular weight excluding hydrogens is 487 g/mol. The molecular formula is C32H34ClFO3. The number of aromatic carboxylic acids is 1. The van der Waals surface area contributed by atoms with Gasteiger partial charge in [-0.2, -0.15) is 0 Å². The van der Waals surface area contributed by atoms with Crippen molar-refractivity contribution in [1.29, 1.82) is 0 Å². The van der Waals surface area contributed by atoms with E-state index in [9.17, 15) is 9.18 Å². The standard InChI is InChI=1S/C32H34ClFO3/c1-4-20(2)24(16-14-23-15-17-26(32(35)36)19-30(23)34)18-25-8-5-6-9-27(25)21(3)37-31-28(22-12-13-22)10-7-11-29(31)33/h5-11,15,17,19-20,22,24H,3-4,12-14,16,18H2,1-2H3,(H,35,36). The summed E-state index contributed by atoms with van der Waals surface area (Å²) in [5.41, 5.74) is 3.75. The highest BCUT2D eigenvalue weighted by Gasteiger charge is 2.28. The summed E-state index contributed by atoms with van der Waals surface area (Å²) in [5, 5.41) is 9.71. The molecule has 1 saturated carbocycles. The first-order valence-corrected chi connectivity index (χ1v) is 13.4. The number of hydrogen-bond acceptors (Lipinski definition) is 2. The highest BCUT2D eigenvalue weighted by atomic mass is 35.5. The van der Waals surface area contributed by atoms with E-state index in [1.807, 2.05) is 30.3 Å². The van der Waals surface area contributed by atoms with Crippen LogP contribution >= 0.6 is 11.6 Å². The molecule has 3 aromatic rings. The molecule has 2 unspecified atom stereocenters. The van der Waals surface area contributed by atoms with Gasteiger partial charge in [0.05, 0.1) is 10.6 Å². The van der Waals surface area contributed by atoms with E-state index in [-0.39, 0.29) is 5.56 Å². The molecule has 5 heteroatoms. The fourth-order valence-electron chi connectivity index (χ4n) is 4.93. The molecule has 1 N–H and O–H groups in total. The molecule has 2 atom stereocenters. The minimum Gasteiger partial charge on any atom is -0.478 e. The predicted octanol–water partition coefficient (Wildman–Crippen LogP) is 8.94. The molecule has 0 radical (unpaired) electrons. The zero-order chi connectivity index (χ0) is 26.5. The van der Waals surface area contributed by atoms with Gasteiger partial charge in [-0.15, -0.1) is 0 Å². The van der Waals surface area contributed by atoms with Crippen molar-refractivity contribution < 1.29 is 19.0 Å². The van der Waals surface area contributed by atoms with Crippen LogP contribution < -0.4 is 4.74 Å². The summed E-state index contributed by atoms with van der Waals surface area (Å²) in [6.07, 6.45) is 5.45. The third kappa shape index (κ3) is 6.61. The maximum Gasteiger partial charge on any atom is 0.335 e. The first kappa shape index (κ1) is 26.9. The van der Waals surface area contributed by atoms with Crippen molar-refractivity contribution in [2.75, 3.05) is 0 Å². The molecule has 1 fully saturated rings. The Bertz CT molecular complexity index is 1280. The minimum atomic E-state index is -1.12. The molecule has 4 rings (SSSR count). The Morgan fingerprint density at radius 2 is 1.89 bits per heavy atom. The first-order valence-electron chi connectivity index (χ1n) is 13.0. The largest absolute Gasteiger partial charge is 0.478 e. The molecule has 1 aliphatic rings. The molecule has 0 heterocycles. The van der Waals surface area contributed by atoms with Gasteiger partial charge in [0.15, 0.2) is 0 Å². The van der Waals surface area contributed by atoms with Gasteiger partial charge in [-0.25, -0.2) is 9.18 Å². The van der Waals surface area contributed by atoms with Crippen molar-refractivity contribution in [2.24, 2.45) is 11.8 Å². The zero-order valence-corrected chi connectivity index (χ0v) is 22.2. The summed E-state index contributed by atoms with van der Waals surface area (Å²) in [6.45, 7) is 8.67. The summed E-state index contributed by atoms with van der Waals surface area (Å²) in [6, 6.07) is 18.2. The third-order valence-corrected chi connectivity index (χ3v) is 7.87. The van der Waals surface area contributed by atoms with Crippen molar-refractivity contribution in [1.82, 2.24) is 0 Å². The van der Waals surface area contributed by atoms with E-state index in [0.717, 1.165) is 54.9 Å². The van der Waals surface area contributed by atoms with Gasteiger partial charge < -0.3 is 9.84 Å². The number of carbonyl (C=O) groups is 1. The smallest absolute Gasteiger partial charge is 0.335 e. The third-order valence-electron chi connectivity index (χ3n) is 7.57. The molecule has 0 spiro atoms. The van der Waals surface area contributed by atoms with E-state index in [0.29, 0.717) is 46.3 Å². The second-order valence-electron chi connectivity index (χ2n) is 10.1. The van der Waals surface area contributed by atoms with E-state index in [2.05, 4.69) is 32.6 Å². The SMILES string of the molecule is C=C(Oc1c(Cl)cccc1C1CC1)c1ccccc1CC(CCc1ccc(C(=O)O)cc1F)C(C)CC. The second kappa shape index (κ2) is 12.0. The summed E-state index contributed by atoms with van der Waals surface area (Å²) >= 11 is 6.53. The van der Waals surface area contributed by atoms with Gasteiger partial charge >= 0.3 is 5.97 Å². The normalized spacial score (nSPS) is 14.7. The number of ether oxygens (including phenoxy) is 1. The van der Waals surface area contributed by atoms with Crippen LogP contribution in [0.5, 0.6) is 5.75 Å². The lowest BCUT2D eigenvalue weighted by Crippen LogP contribution is -2.17. The molecule has 3 nitrogen and oxygen atoms in total. The number of aryl methyl sites for hydroxylation is 1. The molecule has 37 heavy (non-hydrogen) atoms. The van der Waals surface area contributed by atoms with Crippen LogP contribution in [0.3, 0.4) is 0 Å². The van der Waals surface area contributed by atoms with E-state index >= 15 is 0 Å². The summed E-state index contributed by atoms with van der Waals surface area (Å²) in [5.74, 6) is 0.915. The summed E-state index contributed by atoms with van der Waals surface area (Å²) in [7, 11) is 0. The van der Waals surface area contributed by atoms with Crippen LogP contribution in [0.4, 0.5) is 4.39 Å². The molecule has 3 aromatic carbocycles. The van der Waals surface area contributed by atoms with Gasteiger partial charge in [0.25, 0.3) is 0 Å². The van der Waals surface area contributed by atoms with Crippen LogP contribution in [-0.4, -0.2) is 11.1 Å². The van der Waals surface area contributed by atoms with E-state index in [4.69, 9.17) is 21.4 Å². The van der Waals surface area contributed by atoms with Crippen LogP contribution in [0.1, 0.15) is 78.1 Å². The highest BCUT2D eigenvalue weighted by molar-refractivity contribution is 6.32. The van der Waals surface area contributed by atoms with Gasteiger partial charge in [0, 0.05) is 5.56 Å². The van der Waals surface area contributed by atoms with Gasteiger partial charge in [-0.3, -0.25) is 0 Å². The average molecular weight is 521 g/mol. The van der Waals surface area contributed by atoms with E-state index in [1.54, 1.807) is 6.07 Å². The Hall–Kier alpha value is -3.11. The molecule has 194 valence electrons. The Labute approximate surface area is 223 Å². The quantitative estimate of drug-likeness (QED) is 0.242. The Balaban J connectivity index is 1.52. The highest BCUT2D eigenvalue weighted by Crippen LogP contribution is 2.47. The monoisotopic (exact) mass is 520 g/mol. The number of carboxylic acid groups (broad SMARTS) is 1. The molecule has 0 bridgehead atoms. The van der Waals surface area contributed by atoms with E-state index < -0.39 is 11.8 Å². The lowest BCUT2D eigenvalue weighted by molar-refractivity contribution is 0.0696. The van der Waals surface area contributed by atoms with Crippen LogP contribution in [0, 0.1) is 17.7 Å². The molecule has 0 saturated heterocycles. The van der Waals surface area contributed by atoms with Crippen molar-refractivity contribution in [3.05, 3.63) is 106 Å². The van der Waals surface area contributed by atoms with Gasteiger partial charge in [-0.1, -0.05) is 80.9 Å². The van der Waals surface area contributed by atoms with Crippen molar-refractivity contribution in [2.45, 2.75) is 58.3 Å². The average Bonchev–Trinajstić information content (AvgIpc) is 3.73. The number of para-hydroxylation sites is 1. The number of carboxylic acids is 1. The second-order valence-corrected chi connectivity index (χ2v) is 10.5. The molecule has 0 aromatic heterocycles. The topological polar surface area (TPSA) is 46.5 Å². The Morgan fingerprint density at radius 1 is 1.14 bits per heavy atom. The molecule has 1 aliphatic carbocycles. The van der Waals surface area contributed by atoms with Crippen molar-refractivity contribution in [3.63, 3.8) is 0 Å². The lowest BCUT2D eigenvalue weighted by Gasteiger charge is -2.25. The maximum absolute atomic E-state index is 14.6. The fraction of sp³-hybridized carbons (Fsp3) is 0.344. The minimum absolute atomic E-state index is 0.0319. The first-order chi connectivity index (χ1) is 17.8. The maximum atomic E-state index is 14.6. The van der Waals surface area contributed by atoms with Crippen LogP contribution in [0.2, 0.25) is 5.02 Å². The zero-order valence-electron chi connectivity index (χ0n) is 21.5. The van der Waals surface area contributed by atoms with Crippen LogP contribution in [0.15, 0.2) is 67.2 Å². The lowest BCUT2D eigenvalue weighted by atomic mass is 9.81. The van der Waals surface area contributed by atoms with E-state index in [1.165, 1.54) is 6.07 Å². The van der Waals surface area contributed by atoms with Gasteiger partial charge in [0.2, 0.25) is 0 Å². The van der Waals surface area contributed by atoms with Gasteiger partial charge in [0.1, 0.15) is 17.3 Å². The Morgan fingerprint density at radius 3 is 2.57 bits per heavy atom. The number of benzene rings is 3. The predicted molar refractivity (Wildman–Crippen MR) is 148 cm³/mol. The Kier molecular flexibility index (Phi) is 8.71. The summed E-state index contributed by atoms with van der Waals surface area (Å²) in [4.78, 5) is 11.1. The molecule has 0 aliphatic heterocycles. The van der Waals surface area contributed by atoms with Gasteiger partial charge in [-0.05, 0) is 84.7 Å². The van der Waals surface area contributed by atoms with Crippen LogP contribution in [-0.2, 0) is 12.8 Å². The van der Waals surface area contributed by atoms with Crippen molar-refractivity contribution >= 4 is 23.3 Å². The van der Waals surface area contributed by atoms with Crippen LogP contribution in [0.25, 0.3) is 5.76 Å². The number of rotatable bonds is 12. The summed E-state index contributed by atoms with van der Waals surface area (Å²) < 4.78 is 20.9. The molecule has 0 amide bonds. The number of halogens is 2.